The third kappa shape index (κ3) is 2.57. The summed E-state index contributed by atoms with van der Waals surface area (Å²) in [6.45, 7) is 0. The number of carbonyl (C=O) groups excluding carboxylic acids is 1. The number of carbonyl (C=O) groups is 1. The van der Waals surface area contributed by atoms with Crippen molar-refractivity contribution in [1.29, 1.82) is 0 Å². The molecule has 0 spiro atoms. The quantitative estimate of drug-likeness (QED) is 0.542. The molecule has 0 aliphatic carbocycles. The largest absolute Gasteiger partial charge is 0.370 e. The van der Waals surface area contributed by atoms with Gasteiger partial charge in [0.05, 0.1) is 0 Å². The maximum Gasteiger partial charge on any atom is 0.277 e. The number of amides is 1. The summed E-state index contributed by atoms with van der Waals surface area (Å²) in [5, 5.41) is 4.14. The van der Waals surface area contributed by atoms with Gasteiger partial charge in [0.15, 0.2) is 11.0 Å². The molecular formula is C8H8N6OS2. The van der Waals surface area contributed by atoms with Crippen molar-refractivity contribution >= 4 is 39.7 Å². The van der Waals surface area contributed by atoms with E-state index in [2.05, 4.69) is 15.0 Å². The van der Waals surface area contributed by atoms with Gasteiger partial charge in [0.25, 0.3) is 5.91 Å². The fourth-order valence-electron chi connectivity index (χ4n) is 1.05. The highest BCUT2D eigenvalue weighted by molar-refractivity contribution is 7.14. The molecule has 0 bridgehead atoms. The Labute approximate surface area is 104 Å². The van der Waals surface area contributed by atoms with Gasteiger partial charge in [-0.15, -0.1) is 22.7 Å². The summed E-state index contributed by atoms with van der Waals surface area (Å²) in [5.74, 6) is -0.608. The van der Waals surface area contributed by atoms with Gasteiger partial charge in [0.2, 0.25) is 5.13 Å². The van der Waals surface area contributed by atoms with Crippen molar-refractivity contribution in [2.24, 2.45) is 22.2 Å². The monoisotopic (exact) mass is 268 g/mol. The molecule has 0 unspecified atom stereocenters. The molecule has 0 saturated carbocycles. The maximum absolute atomic E-state index is 10.9. The SMILES string of the molecule is NC(=O)c1nc(-c2csc(N=C(N)N)n2)cs1. The van der Waals surface area contributed by atoms with Crippen LogP contribution in [0.2, 0.25) is 0 Å². The second-order valence-electron chi connectivity index (χ2n) is 2.95. The van der Waals surface area contributed by atoms with Crippen LogP contribution in [0, 0.1) is 0 Å². The van der Waals surface area contributed by atoms with Crippen molar-refractivity contribution in [3.63, 3.8) is 0 Å². The Bertz CT molecular complexity index is 582. The van der Waals surface area contributed by atoms with Crippen LogP contribution >= 0.6 is 22.7 Å². The Morgan fingerprint density at radius 3 is 2.35 bits per heavy atom. The molecule has 88 valence electrons. The van der Waals surface area contributed by atoms with E-state index in [1.807, 2.05) is 0 Å². The zero-order valence-corrected chi connectivity index (χ0v) is 10.1. The Kier molecular flexibility index (Phi) is 3.02. The molecule has 0 aromatic carbocycles. The van der Waals surface area contributed by atoms with Crippen LogP contribution in [-0.4, -0.2) is 21.8 Å². The number of nitrogens with zero attached hydrogens (tertiary/aromatic N) is 3. The Hall–Kier alpha value is -2.00. The third-order valence-corrected chi connectivity index (χ3v) is 3.29. The summed E-state index contributed by atoms with van der Waals surface area (Å²) in [5.41, 5.74) is 16.8. The summed E-state index contributed by atoms with van der Waals surface area (Å²) in [7, 11) is 0. The lowest BCUT2D eigenvalue weighted by molar-refractivity contribution is 0.1000. The molecule has 2 heterocycles. The summed E-state index contributed by atoms with van der Waals surface area (Å²) in [6.07, 6.45) is 0. The number of hydrogen-bond donors (Lipinski definition) is 3. The highest BCUT2D eigenvalue weighted by Gasteiger charge is 2.11. The molecule has 0 aliphatic rings. The minimum Gasteiger partial charge on any atom is -0.370 e. The molecular weight excluding hydrogens is 260 g/mol. The highest BCUT2D eigenvalue weighted by Crippen LogP contribution is 2.27. The van der Waals surface area contributed by atoms with E-state index in [9.17, 15) is 4.79 Å². The Morgan fingerprint density at radius 2 is 1.76 bits per heavy atom. The number of thiazole rings is 2. The predicted octanol–water partition coefficient (Wildman–Crippen LogP) is 0.270. The first-order valence-electron chi connectivity index (χ1n) is 4.37. The van der Waals surface area contributed by atoms with E-state index >= 15 is 0 Å². The first-order valence-corrected chi connectivity index (χ1v) is 6.13. The number of primary amides is 1. The molecule has 1 amide bonds. The minimum atomic E-state index is -0.555. The van der Waals surface area contributed by atoms with Gasteiger partial charge in [-0.1, -0.05) is 0 Å². The number of aromatic nitrogens is 2. The van der Waals surface area contributed by atoms with Crippen molar-refractivity contribution in [3.05, 3.63) is 15.8 Å². The second kappa shape index (κ2) is 4.47. The van der Waals surface area contributed by atoms with Gasteiger partial charge < -0.3 is 17.2 Å². The standard InChI is InChI=1S/C8H8N6OS2/c9-5(15)6-12-3(1-16-6)4-2-17-8(13-4)14-7(10)11/h1-2H,(H2,9,15)(H4,10,11,13,14). The van der Waals surface area contributed by atoms with Gasteiger partial charge in [-0.05, 0) is 0 Å². The van der Waals surface area contributed by atoms with Crippen molar-refractivity contribution < 1.29 is 4.79 Å². The van der Waals surface area contributed by atoms with Gasteiger partial charge in [0.1, 0.15) is 11.4 Å². The number of rotatable bonds is 3. The average molecular weight is 268 g/mol. The molecule has 0 atom stereocenters. The molecule has 7 nitrogen and oxygen atoms in total. The summed E-state index contributed by atoms with van der Waals surface area (Å²) < 4.78 is 0. The van der Waals surface area contributed by atoms with Gasteiger partial charge in [0, 0.05) is 10.8 Å². The Morgan fingerprint density at radius 1 is 1.12 bits per heavy atom. The molecule has 6 N–H and O–H groups in total. The topological polar surface area (TPSA) is 133 Å². The molecule has 2 aromatic heterocycles. The second-order valence-corrected chi connectivity index (χ2v) is 4.65. The Balaban J connectivity index is 2.30. The number of aliphatic imine (C=N–C) groups is 1. The molecule has 0 saturated heterocycles. The summed E-state index contributed by atoms with van der Waals surface area (Å²) in [6, 6.07) is 0. The van der Waals surface area contributed by atoms with Crippen LogP contribution in [0.4, 0.5) is 5.13 Å². The van der Waals surface area contributed by atoms with Crippen molar-refractivity contribution in [2.75, 3.05) is 0 Å². The molecule has 17 heavy (non-hydrogen) atoms. The molecule has 2 aromatic rings. The lowest BCUT2D eigenvalue weighted by Gasteiger charge is -1.88. The zero-order valence-electron chi connectivity index (χ0n) is 8.45. The molecule has 2 rings (SSSR count). The normalized spacial score (nSPS) is 10.1. The van der Waals surface area contributed by atoms with E-state index in [0.29, 0.717) is 16.5 Å². The van der Waals surface area contributed by atoms with Crippen LogP contribution in [0.1, 0.15) is 9.80 Å². The van der Waals surface area contributed by atoms with E-state index < -0.39 is 5.91 Å². The molecule has 0 fully saturated rings. The molecule has 0 aliphatic heterocycles. The minimum absolute atomic E-state index is 0.0537. The van der Waals surface area contributed by atoms with Crippen molar-refractivity contribution in [1.82, 2.24) is 9.97 Å². The van der Waals surface area contributed by atoms with Crippen LogP contribution in [0.25, 0.3) is 11.4 Å². The van der Waals surface area contributed by atoms with E-state index in [0.717, 1.165) is 0 Å². The smallest absolute Gasteiger partial charge is 0.277 e. The predicted molar refractivity (Wildman–Crippen MR) is 67.2 cm³/mol. The zero-order chi connectivity index (χ0) is 12.4. The highest BCUT2D eigenvalue weighted by atomic mass is 32.1. The van der Waals surface area contributed by atoms with Crippen LogP contribution < -0.4 is 17.2 Å². The fourth-order valence-corrected chi connectivity index (χ4v) is 2.41. The van der Waals surface area contributed by atoms with Gasteiger partial charge in [-0.2, -0.15) is 4.99 Å². The van der Waals surface area contributed by atoms with Gasteiger partial charge in [-0.25, -0.2) is 9.97 Å². The van der Waals surface area contributed by atoms with E-state index in [4.69, 9.17) is 17.2 Å². The van der Waals surface area contributed by atoms with E-state index in [1.165, 1.54) is 22.7 Å². The lowest BCUT2D eigenvalue weighted by Crippen LogP contribution is -2.21. The van der Waals surface area contributed by atoms with Gasteiger partial charge in [-0.3, -0.25) is 4.79 Å². The summed E-state index contributed by atoms with van der Waals surface area (Å²) in [4.78, 5) is 22.9. The average Bonchev–Trinajstić information content (AvgIpc) is 2.83. The van der Waals surface area contributed by atoms with Crippen molar-refractivity contribution in [3.8, 4) is 11.4 Å². The first kappa shape index (κ1) is 11.5. The lowest BCUT2D eigenvalue weighted by atomic mass is 10.4. The van der Waals surface area contributed by atoms with Crippen molar-refractivity contribution in [2.45, 2.75) is 0 Å². The van der Waals surface area contributed by atoms with Crippen LogP contribution in [0.3, 0.4) is 0 Å². The molecule has 0 radical (unpaired) electrons. The third-order valence-electron chi connectivity index (χ3n) is 1.69. The van der Waals surface area contributed by atoms with Crippen LogP contribution in [0.15, 0.2) is 15.8 Å². The fraction of sp³-hybridized carbons (Fsp3) is 0. The number of hydrogen-bond acceptors (Lipinski definition) is 6. The summed E-state index contributed by atoms with van der Waals surface area (Å²) >= 11 is 2.45. The number of nitrogens with two attached hydrogens (primary N) is 3. The van der Waals surface area contributed by atoms with Crippen LogP contribution in [-0.2, 0) is 0 Å². The number of guanidine groups is 1. The first-order chi connectivity index (χ1) is 8.06. The maximum atomic E-state index is 10.9. The van der Waals surface area contributed by atoms with E-state index in [1.54, 1.807) is 10.8 Å². The van der Waals surface area contributed by atoms with Crippen LogP contribution in [0.5, 0.6) is 0 Å². The molecule has 9 heteroatoms. The van der Waals surface area contributed by atoms with Gasteiger partial charge >= 0.3 is 0 Å². The van der Waals surface area contributed by atoms with E-state index in [-0.39, 0.29) is 11.0 Å².